The van der Waals surface area contributed by atoms with Crippen LogP contribution in [-0.4, -0.2) is 62.4 Å². The molecule has 2 amide bonds. The normalized spacial score (nSPS) is 14.7. The third kappa shape index (κ3) is 9.47. The predicted octanol–water partition coefficient (Wildman–Crippen LogP) is 1.78. The predicted molar refractivity (Wildman–Crippen MR) is 128 cm³/mol. The summed E-state index contributed by atoms with van der Waals surface area (Å²) in [6.45, 7) is 5.21. The minimum atomic E-state index is -0.0687. The Kier molecular flexibility index (Phi) is 12.3. The van der Waals surface area contributed by atoms with Gasteiger partial charge in [0.15, 0.2) is 5.96 Å². The fourth-order valence-electron chi connectivity index (χ4n) is 3.33. The van der Waals surface area contributed by atoms with Crippen LogP contribution in [0.3, 0.4) is 0 Å². The molecule has 1 heterocycles. The summed E-state index contributed by atoms with van der Waals surface area (Å²) in [5.74, 6) is 1.23. The number of hydrogen-bond donors (Lipinski definition) is 3. The number of halogens is 1. The molecule has 0 aliphatic carbocycles. The molecule has 0 unspecified atom stereocenters. The van der Waals surface area contributed by atoms with Crippen molar-refractivity contribution in [3.8, 4) is 0 Å². The largest absolute Gasteiger partial charge is 0.359 e. The van der Waals surface area contributed by atoms with Gasteiger partial charge < -0.3 is 20.9 Å². The Labute approximate surface area is 191 Å². The second-order valence-corrected chi connectivity index (χ2v) is 7.06. The fraction of sp³-hybridized carbons (Fsp3) is 0.571. The van der Waals surface area contributed by atoms with E-state index in [1.807, 2.05) is 25.1 Å². The van der Waals surface area contributed by atoms with Crippen LogP contribution in [0.5, 0.6) is 0 Å². The number of aliphatic imine (C=N–C) groups is 1. The van der Waals surface area contributed by atoms with Crippen LogP contribution in [0.25, 0.3) is 0 Å². The molecule has 29 heavy (non-hydrogen) atoms. The van der Waals surface area contributed by atoms with Crippen LogP contribution < -0.4 is 16.0 Å². The van der Waals surface area contributed by atoms with Gasteiger partial charge in [-0.2, -0.15) is 0 Å². The van der Waals surface area contributed by atoms with Crippen molar-refractivity contribution in [2.45, 2.75) is 32.6 Å². The summed E-state index contributed by atoms with van der Waals surface area (Å²) in [5.41, 5.74) is 1.21. The van der Waals surface area contributed by atoms with Gasteiger partial charge in [0.05, 0.1) is 0 Å². The van der Waals surface area contributed by atoms with E-state index >= 15 is 0 Å². The monoisotopic (exact) mass is 515 g/mol. The summed E-state index contributed by atoms with van der Waals surface area (Å²) in [6.07, 6.45) is 3.32. The molecule has 1 saturated heterocycles. The summed E-state index contributed by atoms with van der Waals surface area (Å²) in [5, 5.41) is 8.90. The van der Waals surface area contributed by atoms with E-state index in [-0.39, 0.29) is 42.3 Å². The summed E-state index contributed by atoms with van der Waals surface area (Å²) in [7, 11) is 1.68. The number of benzene rings is 1. The van der Waals surface area contributed by atoms with E-state index in [0.717, 1.165) is 44.9 Å². The van der Waals surface area contributed by atoms with E-state index in [0.29, 0.717) is 18.9 Å². The molecule has 0 radical (unpaired) electrons. The molecule has 0 bridgehead atoms. The number of nitrogens with one attached hydrogen (secondary N) is 3. The molecule has 8 heteroatoms. The first-order valence-electron chi connectivity index (χ1n) is 10.2. The molecule has 162 valence electrons. The Morgan fingerprint density at radius 2 is 1.79 bits per heavy atom. The average Bonchev–Trinajstić information content (AvgIpc) is 2.72. The minimum absolute atomic E-state index is 0. The maximum absolute atomic E-state index is 12.1. The number of piperidine rings is 1. The van der Waals surface area contributed by atoms with Gasteiger partial charge in [-0.25, -0.2) is 4.99 Å². The number of hydrogen-bond acceptors (Lipinski definition) is 3. The van der Waals surface area contributed by atoms with Crippen LogP contribution in [-0.2, 0) is 16.0 Å². The zero-order valence-electron chi connectivity index (χ0n) is 17.4. The standard InChI is InChI=1S/C21H33N5O2.HI/c1-3-23-21(26-13-10-18(11-14-26)15-19(27)22-2)25-16-20(28)24-12-9-17-7-5-4-6-8-17;/h4-8,18H,3,9-16H2,1-2H3,(H,22,27)(H,23,25)(H,24,28);1H. The van der Waals surface area contributed by atoms with Crippen LogP contribution >= 0.6 is 24.0 Å². The fourth-order valence-corrected chi connectivity index (χ4v) is 3.33. The van der Waals surface area contributed by atoms with E-state index in [1.165, 1.54) is 5.56 Å². The Morgan fingerprint density at radius 3 is 2.41 bits per heavy atom. The lowest BCUT2D eigenvalue weighted by molar-refractivity contribution is -0.122. The van der Waals surface area contributed by atoms with Gasteiger partial charge in [-0.3, -0.25) is 9.59 Å². The second-order valence-electron chi connectivity index (χ2n) is 7.06. The minimum Gasteiger partial charge on any atom is -0.359 e. The molecule has 7 nitrogen and oxygen atoms in total. The van der Waals surface area contributed by atoms with Gasteiger partial charge in [0.1, 0.15) is 6.54 Å². The summed E-state index contributed by atoms with van der Waals surface area (Å²) >= 11 is 0. The zero-order chi connectivity index (χ0) is 20.2. The Bertz CT molecular complexity index is 646. The van der Waals surface area contributed by atoms with Crippen LogP contribution in [0.1, 0.15) is 31.7 Å². The summed E-state index contributed by atoms with van der Waals surface area (Å²) in [4.78, 5) is 30.4. The van der Waals surface area contributed by atoms with Crippen molar-refractivity contribution >= 4 is 41.8 Å². The first kappa shape index (κ1) is 25.2. The molecule has 1 aliphatic heterocycles. The lowest BCUT2D eigenvalue weighted by atomic mass is 9.93. The van der Waals surface area contributed by atoms with Crippen molar-refractivity contribution in [1.29, 1.82) is 0 Å². The Hall–Kier alpha value is -1.84. The first-order valence-corrected chi connectivity index (χ1v) is 10.2. The number of likely N-dealkylation sites (tertiary alicyclic amines) is 1. The van der Waals surface area contributed by atoms with Gasteiger partial charge >= 0.3 is 0 Å². The van der Waals surface area contributed by atoms with E-state index in [2.05, 4.69) is 38.0 Å². The highest BCUT2D eigenvalue weighted by Crippen LogP contribution is 2.20. The van der Waals surface area contributed by atoms with Crippen molar-refractivity contribution in [3.05, 3.63) is 35.9 Å². The molecular formula is C21H34IN5O2. The quantitative estimate of drug-likeness (QED) is 0.280. The van der Waals surface area contributed by atoms with Crippen molar-refractivity contribution in [1.82, 2.24) is 20.9 Å². The molecule has 3 N–H and O–H groups in total. The number of guanidine groups is 1. The highest BCUT2D eigenvalue weighted by Gasteiger charge is 2.23. The SMILES string of the molecule is CCNC(=NCC(=O)NCCc1ccccc1)N1CCC(CC(=O)NC)CC1.I. The van der Waals surface area contributed by atoms with Crippen molar-refractivity contribution in [2.75, 3.05) is 39.8 Å². The molecule has 0 saturated carbocycles. The molecule has 1 fully saturated rings. The third-order valence-electron chi connectivity index (χ3n) is 4.95. The van der Waals surface area contributed by atoms with Gasteiger partial charge in [0.2, 0.25) is 11.8 Å². The first-order chi connectivity index (χ1) is 13.6. The number of amides is 2. The van der Waals surface area contributed by atoms with Crippen LogP contribution in [0.2, 0.25) is 0 Å². The topological polar surface area (TPSA) is 85.8 Å². The van der Waals surface area contributed by atoms with E-state index < -0.39 is 0 Å². The molecule has 0 spiro atoms. The zero-order valence-corrected chi connectivity index (χ0v) is 19.8. The lowest BCUT2D eigenvalue weighted by Gasteiger charge is -2.34. The smallest absolute Gasteiger partial charge is 0.241 e. The lowest BCUT2D eigenvalue weighted by Crippen LogP contribution is -2.46. The second kappa shape index (κ2) is 14.2. The number of carbonyl (C=O) groups excluding carboxylic acids is 2. The highest BCUT2D eigenvalue weighted by atomic mass is 127. The van der Waals surface area contributed by atoms with Crippen molar-refractivity contribution in [2.24, 2.45) is 10.9 Å². The summed E-state index contributed by atoms with van der Waals surface area (Å²) < 4.78 is 0. The third-order valence-corrected chi connectivity index (χ3v) is 4.95. The molecule has 1 aromatic rings. The average molecular weight is 515 g/mol. The molecular weight excluding hydrogens is 481 g/mol. The van der Waals surface area contributed by atoms with Gasteiger partial charge in [0, 0.05) is 39.6 Å². The maximum atomic E-state index is 12.1. The van der Waals surface area contributed by atoms with E-state index in [4.69, 9.17) is 0 Å². The van der Waals surface area contributed by atoms with Gasteiger partial charge in [0.25, 0.3) is 0 Å². The molecule has 0 aromatic heterocycles. The van der Waals surface area contributed by atoms with Crippen molar-refractivity contribution in [3.63, 3.8) is 0 Å². The van der Waals surface area contributed by atoms with Crippen LogP contribution in [0, 0.1) is 5.92 Å². The molecule has 2 rings (SSSR count). The van der Waals surface area contributed by atoms with Gasteiger partial charge in [-0.1, -0.05) is 30.3 Å². The highest BCUT2D eigenvalue weighted by molar-refractivity contribution is 14.0. The number of carbonyl (C=O) groups is 2. The Morgan fingerprint density at radius 1 is 1.10 bits per heavy atom. The van der Waals surface area contributed by atoms with E-state index in [9.17, 15) is 9.59 Å². The maximum Gasteiger partial charge on any atom is 0.241 e. The van der Waals surface area contributed by atoms with Crippen molar-refractivity contribution < 1.29 is 9.59 Å². The number of nitrogens with zero attached hydrogens (tertiary/aromatic N) is 2. The van der Waals surface area contributed by atoms with Gasteiger partial charge in [-0.15, -0.1) is 24.0 Å². The number of rotatable bonds is 8. The van der Waals surface area contributed by atoms with Crippen LogP contribution in [0.4, 0.5) is 0 Å². The van der Waals surface area contributed by atoms with E-state index in [1.54, 1.807) is 7.05 Å². The van der Waals surface area contributed by atoms with Gasteiger partial charge in [-0.05, 0) is 37.7 Å². The van der Waals surface area contributed by atoms with Crippen LogP contribution in [0.15, 0.2) is 35.3 Å². The Balaban J connectivity index is 0.00000420. The molecule has 1 aliphatic rings. The molecule has 0 atom stereocenters. The summed E-state index contributed by atoms with van der Waals surface area (Å²) in [6, 6.07) is 10.1. The molecule has 1 aromatic carbocycles.